The molecule has 3 heteroatoms. The molecule has 0 N–H and O–H groups in total. The lowest BCUT2D eigenvalue weighted by Crippen LogP contribution is -2.17. The Labute approximate surface area is 66.6 Å². The Hall–Kier alpha value is -1.09. The molecule has 0 fully saturated rings. The minimum absolute atomic E-state index is 0.679. The van der Waals surface area contributed by atoms with E-state index in [1.807, 2.05) is 26.1 Å². The minimum Gasteiger partial charge on any atom is -0.274 e. The van der Waals surface area contributed by atoms with Gasteiger partial charge in [-0.15, -0.1) is 0 Å². The third-order valence-corrected chi connectivity index (χ3v) is 1.35. The lowest BCUT2D eigenvalue weighted by Gasteiger charge is -2.16. The molecule has 0 spiro atoms. The van der Waals surface area contributed by atoms with E-state index in [1.165, 1.54) is 0 Å². The van der Waals surface area contributed by atoms with E-state index in [1.54, 1.807) is 17.5 Å². The smallest absolute Gasteiger partial charge is 0.0720 e. The van der Waals surface area contributed by atoms with Crippen molar-refractivity contribution in [2.45, 2.75) is 6.92 Å². The van der Waals surface area contributed by atoms with E-state index in [-0.39, 0.29) is 0 Å². The van der Waals surface area contributed by atoms with Gasteiger partial charge in [-0.05, 0) is 19.1 Å². The number of anilines is 1. The van der Waals surface area contributed by atoms with Crippen LogP contribution in [0, 0.1) is 0 Å². The number of nitrogens with zero attached hydrogens (tertiary/aromatic N) is 2. The van der Waals surface area contributed by atoms with Gasteiger partial charge < -0.3 is 0 Å². The average Bonchev–Trinajstić information content (AvgIpc) is 2.07. The van der Waals surface area contributed by atoms with Crippen LogP contribution in [0.2, 0.25) is 0 Å². The fourth-order valence-electron chi connectivity index (χ4n) is 0.822. The number of pyridine rings is 1. The summed E-state index contributed by atoms with van der Waals surface area (Å²) >= 11 is 0. The van der Waals surface area contributed by atoms with Crippen molar-refractivity contribution in [2.24, 2.45) is 0 Å². The molecule has 1 heterocycles. The SMILES string of the molecule is CCON(C)c1ccncc1. The molecule has 0 aliphatic heterocycles. The first-order chi connectivity index (χ1) is 5.34. The van der Waals surface area contributed by atoms with E-state index in [2.05, 4.69) is 4.98 Å². The van der Waals surface area contributed by atoms with Crippen LogP contribution < -0.4 is 5.06 Å². The van der Waals surface area contributed by atoms with Crippen LogP contribution in [0.15, 0.2) is 24.5 Å². The second-order valence-electron chi connectivity index (χ2n) is 2.12. The van der Waals surface area contributed by atoms with Crippen LogP contribution in [0.3, 0.4) is 0 Å². The molecule has 0 saturated heterocycles. The lowest BCUT2D eigenvalue weighted by atomic mass is 10.4. The summed E-state index contributed by atoms with van der Waals surface area (Å²) in [5.74, 6) is 0. The first kappa shape index (κ1) is 8.01. The molecule has 0 bridgehead atoms. The van der Waals surface area contributed by atoms with Crippen molar-refractivity contribution in [3.63, 3.8) is 0 Å². The van der Waals surface area contributed by atoms with Crippen LogP contribution >= 0.6 is 0 Å². The lowest BCUT2D eigenvalue weighted by molar-refractivity contribution is 0.135. The van der Waals surface area contributed by atoms with Crippen molar-refractivity contribution in [3.05, 3.63) is 24.5 Å². The fourth-order valence-corrected chi connectivity index (χ4v) is 0.822. The molecule has 1 aromatic heterocycles. The molecular weight excluding hydrogens is 140 g/mol. The molecule has 0 saturated carbocycles. The van der Waals surface area contributed by atoms with Crippen LogP contribution in [0.1, 0.15) is 6.92 Å². The Balaban J connectivity index is 2.61. The van der Waals surface area contributed by atoms with Gasteiger partial charge in [0.2, 0.25) is 0 Å². The molecule has 0 unspecified atom stereocenters. The summed E-state index contributed by atoms with van der Waals surface area (Å²) in [7, 11) is 1.87. The van der Waals surface area contributed by atoms with E-state index in [9.17, 15) is 0 Å². The summed E-state index contributed by atoms with van der Waals surface area (Å²) in [5.41, 5.74) is 1.02. The molecule has 0 radical (unpaired) electrons. The second-order valence-corrected chi connectivity index (χ2v) is 2.12. The standard InChI is InChI=1S/C8H12N2O/c1-3-11-10(2)8-4-6-9-7-5-8/h4-7H,3H2,1-2H3. The third-order valence-electron chi connectivity index (χ3n) is 1.35. The zero-order valence-corrected chi connectivity index (χ0v) is 6.82. The predicted octanol–water partition coefficient (Wildman–Crippen LogP) is 1.47. The number of hydrogen-bond donors (Lipinski definition) is 0. The predicted molar refractivity (Wildman–Crippen MR) is 44.3 cm³/mol. The van der Waals surface area contributed by atoms with Crippen LogP contribution in [-0.2, 0) is 4.84 Å². The highest BCUT2D eigenvalue weighted by Crippen LogP contribution is 2.08. The van der Waals surface area contributed by atoms with Crippen LogP contribution in [0.25, 0.3) is 0 Å². The first-order valence-corrected chi connectivity index (χ1v) is 3.61. The summed E-state index contributed by atoms with van der Waals surface area (Å²) in [6.07, 6.45) is 3.48. The molecule has 60 valence electrons. The van der Waals surface area contributed by atoms with Crippen molar-refractivity contribution >= 4 is 5.69 Å². The second kappa shape index (κ2) is 3.93. The van der Waals surface area contributed by atoms with E-state index in [0.29, 0.717) is 6.61 Å². The quantitative estimate of drug-likeness (QED) is 0.613. The normalized spacial score (nSPS) is 9.64. The number of hydroxylamine groups is 1. The van der Waals surface area contributed by atoms with Crippen LogP contribution in [-0.4, -0.2) is 18.6 Å². The van der Waals surface area contributed by atoms with Crippen molar-refractivity contribution < 1.29 is 4.84 Å². The number of aromatic nitrogens is 1. The molecule has 1 rings (SSSR count). The maximum Gasteiger partial charge on any atom is 0.0720 e. The van der Waals surface area contributed by atoms with Gasteiger partial charge in [0.05, 0.1) is 12.3 Å². The third kappa shape index (κ3) is 2.20. The molecule has 11 heavy (non-hydrogen) atoms. The zero-order valence-electron chi connectivity index (χ0n) is 6.82. The van der Waals surface area contributed by atoms with Gasteiger partial charge in [0.15, 0.2) is 0 Å². The van der Waals surface area contributed by atoms with Crippen molar-refractivity contribution in [1.29, 1.82) is 0 Å². The Morgan fingerprint density at radius 1 is 1.45 bits per heavy atom. The average molecular weight is 152 g/mol. The fraction of sp³-hybridized carbons (Fsp3) is 0.375. The Morgan fingerprint density at radius 2 is 2.09 bits per heavy atom. The van der Waals surface area contributed by atoms with E-state index >= 15 is 0 Å². The van der Waals surface area contributed by atoms with Crippen molar-refractivity contribution in [1.82, 2.24) is 4.98 Å². The summed E-state index contributed by atoms with van der Waals surface area (Å²) in [6, 6.07) is 3.80. The summed E-state index contributed by atoms with van der Waals surface area (Å²) in [6.45, 7) is 2.64. The molecular formula is C8H12N2O. The van der Waals surface area contributed by atoms with E-state index in [0.717, 1.165) is 5.69 Å². The number of rotatable bonds is 3. The Morgan fingerprint density at radius 3 is 2.64 bits per heavy atom. The van der Waals surface area contributed by atoms with Crippen LogP contribution in [0.5, 0.6) is 0 Å². The van der Waals surface area contributed by atoms with Gasteiger partial charge in [-0.2, -0.15) is 0 Å². The monoisotopic (exact) mass is 152 g/mol. The molecule has 1 aromatic rings. The molecule has 0 amide bonds. The van der Waals surface area contributed by atoms with Crippen molar-refractivity contribution in [3.8, 4) is 0 Å². The highest BCUT2D eigenvalue weighted by atomic mass is 16.7. The zero-order chi connectivity index (χ0) is 8.10. The highest BCUT2D eigenvalue weighted by molar-refractivity contribution is 5.40. The maximum absolute atomic E-state index is 5.23. The topological polar surface area (TPSA) is 25.4 Å². The summed E-state index contributed by atoms with van der Waals surface area (Å²) in [4.78, 5) is 9.14. The molecule has 0 atom stereocenters. The first-order valence-electron chi connectivity index (χ1n) is 3.61. The van der Waals surface area contributed by atoms with Crippen molar-refractivity contribution in [2.75, 3.05) is 18.7 Å². The molecule has 3 nitrogen and oxygen atoms in total. The van der Waals surface area contributed by atoms with Gasteiger partial charge in [0.25, 0.3) is 0 Å². The minimum atomic E-state index is 0.679. The summed E-state index contributed by atoms with van der Waals surface area (Å²) < 4.78 is 0. The summed E-state index contributed by atoms with van der Waals surface area (Å²) in [5, 5.41) is 1.72. The maximum atomic E-state index is 5.23. The number of hydrogen-bond acceptors (Lipinski definition) is 3. The Bertz CT molecular complexity index is 201. The van der Waals surface area contributed by atoms with Gasteiger partial charge in [-0.1, -0.05) is 0 Å². The van der Waals surface area contributed by atoms with Gasteiger partial charge in [-0.3, -0.25) is 14.9 Å². The van der Waals surface area contributed by atoms with Gasteiger partial charge in [-0.25, -0.2) is 0 Å². The largest absolute Gasteiger partial charge is 0.274 e. The van der Waals surface area contributed by atoms with E-state index < -0.39 is 0 Å². The van der Waals surface area contributed by atoms with Gasteiger partial charge in [0.1, 0.15) is 0 Å². The molecule has 0 aromatic carbocycles. The Kier molecular flexibility index (Phi) is 2.86. The van der Waals surface area contributed by atoms with Crippen LogP contribution in [0.4, 0.5) is 5.69 Å². The van der Waals surface area contributed by atoms with Gasteiger partial charge in [0, 0.05) is 19.4 Å². The molecule has 0 aliphatic rings. The molecule has 0 aliphatic carbocycles. The highest BCUT2D eigenvalue weighted by Gasteiger charge is 1.96. The van der Waals surface area contributed by atoms with Gasteiger partial charge >= 0.3 is 0 Å². The van der Waals surface area contributed by atoms with E-state index in [4.69, 9.17) is 4.84 Å².